The van der Waals surface area contributed by atoms with E-state index in [1.807, 2.05) is 18.2 Å². The lowest BCUT2D eigenvalue weighted by atomic mass is 10.3. The molecule has 1 rings (SSSR count). The van der Waals surface area contributed by atoms with Crippen molar-refractivity contribution in [2.24, 2.45) is 10.8 Å². The van der Waals surface area contributed by atoms with Gasteiger partial charge in [0.05, 0.1) is 5.69 Å². The zero-order valence-corrected chi connectivity index (χ0v) is 9.16. The van der Waals surface area contributed by atoms with E-state index in [2.05, 4.69) is 10.4 Å². The Bertz CT molecular complexity index is 440. The summed E-state index contributed by atoms with van der Waals surface area (Å²) >= 11 is 0. The lowest BCUT2D eigenvalue weighted by Crippen LogP contribution is -2.35. The zero-order chi connectivity index (χ0) is 11.3. The second kappa shape index (κ2) is 4.90. The van der Waals surface area contributed by atoms with E-state index < -0.39 is 9.84 Å². The van der Waals surface area contributed by atoms with Crippen LogP contribution in [0.5, 0.6) is 0 Å². The Morgan fingerprint density at radius 1 is 1.40 bits per heavy atom. The fourth-order valence-corrected chi connectivity index (χ4v) is 1.66. The van der Waals surface area contributed by atoms with E-state index >= 15 is 0 Å². The van der Waals surface area contributed by atoms with Crippen LogP contribution in [0.15, 0.2) is 35.3 Å². The van der Waals surface area contributed by atoms with Crippen molar-refractivity contribution in [2.75, 3.05) is 12.0 Å². The van der Waals surface area contributed by atoms with Gasteiger partial charge >= 0.3 is 0 Å². The van der Waals surface area contributed by atoms with Crippen LogP contribution < -0.4 is 11.3 Å². The van der Waals surface area contributed by atoms with Crippen LogP contribution in [0.1, 0.15) is 0 Å². The van der Waals surface area contributed by atoms with Gasteiger partial charge in [0.1, 0.15) is 11.6 Å². The largest absolute Gasteiger partial charge is 0.311 e. The van der Waals surface area contributed by atoms with E-state index in [4.69, 9.17) is 5.84 Å². The van der Waals surface area contributed by atoms with Crippen molar-refractivity contribution >= 4 is 21.4 Å². The highest BCUT2D eigenvalue weighted by atomic mass is 32.2. The molecule has 1 aromatic carbocycles. The molecule has 0 saturated carbocycles. The summed E-state index contributed by atoms with van der Waals surface area (Å²) in [6, 6.07) is 9.01. The lowest BCUT2D eigenvalue weighted by Gasteiger charge is -2.03. The zero-order valence-electron chi connectivity index (χ0n) is 8.34. The van der Waals surface area contributed by atoms with Crippen LogP contribution in [0.2, 0.25) is 0 Å². The van der Waals surface area contributed by atoms with E-state index in [1.54, 1.807) is 12.1 Å². The van der Waals surface area contributed by atoms with Gasteiger partial charge < -0.3 is 5.43 Å². The summed E-state index contributed by atoms with van der Waals surface area (Å²) in [6.07, 6.45) is 1.13. The molecule has 6 heteroatoms. The smallest absolute Gasteiger partial charge is 0.154 e. The number of nitrogens with zero attached hydrogens (tertiary/aromatic N) is 1. The minimum absolute atomic E-state index is 0.196. The summed E-state index contributed by atoms with van der Waals surface area (Å²) in [5, 5.41) is 0. The summed E-state index contributed by atoms with van der Waals surface area (Å²) < 4.78 is 22.0. The molecule has 0 heterocycles. The fourth-order valence-electron chi connectivity index (χ4n) is 1.01. The molecule has 1 aromatic rings. The van der Waals surface area contributed by atoms with Crippen molar-refractivity contribution in [1.82, 2.24) is 5.43 Å². The first-order valence-corrected chi connectivity index (χ1v) is 6.34. The van der Waals surface area contributed by atoms with Crippen molar-refractivity contribution in [3.8, 4) is 0 Å². The van der Waals surface area contributed by atoms with Crippen molar-refractivity contribution in [3.63, 3.8) is 0 Å². The highest BCUT2D eigenvalue weighted by Crippen LogP contribution is 2.09. The molecule has 0 aliphatic carbocycles. The number of nitrogens with one attached hydrogen (secondary N) is 1. The second-order valence-corrected chi connectivity index (χ2v) is 5.25. The van der Waals surface area contributed by atoms with Crippen LogP contribution in [-0.2, 0) is 9.84 Å². The third-order valence-electron chi connectivity index (χ3n) is 1.59. The molecule has 3 N–H and O–H groups in total. The molecular weight excluding hydrogens is 214 g/mol. The third kappa shape index (κ3) is 4.57. The van der Waals surface area contributed by atoms with Gasteiger partial charge in [0, 0.05) is 6.26 Å². The first-order chi connectivity index (χ1) is 7.01. The Labute approximate surface area is 88.9 Å². The summed E-state index contributed by atoms with van der Waals surface area (Å²) in [7, 11) is -3.13. The number of benzene rings is 1. The molecule has 0 amide bonds. The number of hydrazine groups is 1. The maximum Gasteiger partial charge on any atom is 0.154 e. The van der Waals surface area contributed by atoms with Gasteiger partial charge in [-0.15, -0.1) is 0 Å². The average molecular weight is 227 g/mol. The Morgan fingerprint density at radius 3 is 2.47 bits per heavy atom. The van der Waals surface area contributed by atoms with Crippen LogP contribution in [0.25, 0.3) is 0 Å². The second-order valence-electron chi connectivity index (χ2n) is 3.11. The first-order valence-electron chi connectivity index (χ1n) is 4.28. The topological polar surface area (TPSA) is 84.5 Å². The molecule has 0 atom stereocenters. The van der Waals surface area contributed by atoms with Crippen molar-refractivity contribution in [3.05, 3.63) is 30.3 Å². The Balaban J connectivity index is 2.88. The molecule has 15 heavy (non-hydrogen) atoms. The highest BCUT2D eigenvalue weighted by molar-refractivity contribution is 7.91. The van der Waals surface area contributed by atoms with Crippen molar-refractivity contribution in [1.29, 1.82) is 0 Å². The van der Waals surface area contributed by atoms with E-state index in [0.717, 1.165) is 6.26 Å². The number of aliphatic imine (C=N–C) groups is 1. The highest BCUT2D eigenvalue weighted by Gasteiger charge is 2.07. The Kier molecular flexibility index (Phi) is 3.81. The molecule has 0 bridgehead atoms. The number of hydrogen-bond acceptors (Lipinski definition) is 4. The summed E-state index contributed by atoms with van der Waals surface area (Å²) in [5.41, 5.74) is 2.94. The van der Waals surface area contributed by atoms with E-state index in [9.17, 15) is 8.42 Å². The minimum atomic E-state index is -3.13. The molecule has 0 radical (unpaired) electrons. The minimum Gasteiger partial charge on any atom is -0.311 e. The number of hydrogen-bond donors (Lipinski definition) is 2. The van der Waals surface area contributed by atoms with E-state index in [1.165, 1.54) is 0 Å². The van der Waals surface area contributed by atoms with Crippen LogP contribution >= 0.6 is 0 Å². The number of para-hydroxylation sites is 1. The molecule has 0 unspecified atom stereocenters. The van der Waals surface area contributed by atoms with Gasteiger partial charge in [-0.05, 0) is 12.1 Å². The maximum atomic E-state index is 11.0. The molecule has 82 valence electrons. The predicted octanol–water partition coefficient (Wildman–Crippen LogP) is 0.225. The molecule has 0 saturated heterocycles. The monoisotopic (exact) mass is 227 g/mol. The quantitative estimate of drug-likeness (QED) is 0.335. The lowest BCUT2D eigenvalue weighted by molar-refractivity contribution is 0.605. The standard InChI is InChI=1S/C9H13N3O2S/c1-15(13,14)7-9(12-10)11-8-5-3-2-4-6-8/h2-6H,7,10H2,1H3,(H,11,12). The van der Waals surface area contributed by atoms with Crippen molar-refractivity contribution in [2.45, 2.75) is 0 Å². The van der Waals surface area contributed by atoms with Gasteiger partial charge in [-0.25, -0.2) is 19.3 Å². The van der Waals surface area contributed by atoms with Gasteiger partial charge in [0.25, 0.3) is 0 Å². The van der Waals surface area contributed by atoms with Crippen molar-refractivity contribution < 1.29 is 8.42 Å². The van der Waals surface area contributed by atoms with Crippen LogP contribution in [0, 0.1) is 0 Å². The average Bonchev–Trinajstić information content (AvgIpc) is 2.16. The fraction of sp³-hybridized carbons (Fsp3) is 0.222. The molecule has 0 aromatic heterocycles. The van der Waals surface area contributed by atoms with E-state index in [0.29, 0.717) is 5.69 Å². The van der Waals surface area contributed by atoms with Gasteiger partial charge in [0.15, 0.2) is 9.84 Å². The van der Waals surface area contributed by atoms with Gasteiger partial charge in [-0.1, -0.05) is 18.2 Å². The molecule has 5 nitrogen and oxygen atoms in total. The summed E-state index contributed by atoms with van der Waals surface area (Å²) in [5.74, 6) is 5.21. The third-order valence-corrected chi connectivity index (χ3v) is 2.38. The Hall–Kier alpha value is -1.40. The Morgan fingerprint density at radius 2 is 2.00 bits per heavy atom. The van der Waals surface area contributed by atoms with Gasteiger partial charge in [0.2, 0.25) is 0 Å². The first kappa shape index (κ1) is 11.7. The van der Waals surface area contributed by atoms with Crippen LogP contribution in [0.3, 0.4) is 0 Å². The molecular formula is C9H13N3O2S. The summed E-state index contributed by atoms with van der Waals surface area (Å²) in [6.45, 7) is 0. The van der Waals surface area contributed by atoms with Crippen LogP contribution in [0.4, 0.5) is 5.69 Å². The number of sulfone groups is 1. The molecule has 0 spiro atoms. The predicted molar refractivity (Wildman–Crippen MR) is 60.6 cm³/mol. The molecule has 0 fully saturated rings. The number of nitrogens with two attached hydrogens (primary N) is 1. The maximum absolute atomic E-state index is 11.0. The van der Waals surface area contributed by atoms with Gasteiger partial charge in [-0.2, -0.15) is 0 Å². The molecule has 0 aliphatic rings. The molecule has 0 aliphatic heterocycles. The van der Waals surface area contributed by atoms with E-state index in [-0.39, 0.29) is 11.6 Å². The number of amidine groups is 1. The van der Waals surface area contributed by atoms with Gasteiger partial charge in [-0.3, -0.25) is 0 Å². The van der Waals surface area contributed by atoms with Crippen LogP contribution in [-0.4, -0.2) is 26.3 Å². The summed E-state index contributed by atoms with van der Waals surface area (Å²) in [4.78, 5) is 4.06. The SMILES string of the molecule is CS(=O)(=O)CC(=Nc1ccccc1)NN. The number of rotatable bonds is 3. The normalized spacial score (nSPS) is 12.5.